The largest absolute Gasteiger partial charge is 0.479 e. The molecule has 2 atom stereocenters. The number of sulfonamides is 1. The second-order valence-electron chi connectivity index (χ2n) is 6.28. The number of carbonyl (C=O) groups excluding carboxylic acids is 1. The summed E-state index contributed by atoms with van der Waals surface area (Å²) in [4.78, 5) is 12.5. The number of anilines is 1. The van der Waals surface area contributed by atoms with Crippen LogP contribution in [0.4, 0.5) is 5.69 Å². The van der Waals surface area contributed by atoms with Crippen LogP contribution in [0, 0.1) is 0 Å². The quantitative estimate of drug-likeness (QED) is 0.628. The van der Waals surface area contributed by atoms with Crippen LogP contribution in [0.25, 0.3) is 0 Å². The Hall–Kier alpha value is -1.80. The average Bonchev–Trinajstić information content (AvgIpc) is 2.63. The maximum Gasteiger partial charge on any atom is 0.265 e. The molecule has 0 aliphatic heterocycles. The lowest BCUT2D eigenvalue weighted by Crippen LogP contribution is -2.32. The van der Waals surface area contributed by atoms with Gasteiger partial charge in [-0.05, 0) is 62.7 Å². The van der Waals surface area contributed by atoms with Gasteiger partial charge >= 0.3 is 0 Å². The molecule has 0 fully saturated rings. The molecule has 2 aromatic carbocycles. The van der Waals surface area contributed by atoms with Crippen molar-refractivity contribution in [2.24, 2.45) is 0 Å². The van der Waals surface area contributed by atoms with E-state index in [0.717, 1.165) is 0 Å². The first-order valence-corrected chi connectivity index (χ1v) is 10.9. The molecular weight excluding hydrogens is 423 g/mol. The Kier molecular flexibility index (Phi) is 7.71. The SMILES string of the molecule is CCC(C)NS(=O)(=O)c1ccc(NC(=O)C(C)Oc2ccc(Cl)cc2Cl)cc1. The van der Waals surface area contributed by atoms with Crippen LogP contribution in [-0.2, 0) is 14.8 Å². The number of hydrogen-bond donors (Lipinski definition) is 2. The van der Waals surface area contributed by atoms with Crippen molar-refractivity contribution in [2.75, 3.05) is 5.32 Å². The summed E-state index contributed by atoms with van der Waals surface area (Å²) in [7, 11) is -3.60. The Morgan fingerprint density at radius 2 is 1.75 bits per heavy atom. The molecule has 2 unspecified atom stereocenters. The summed E-state index contributed by atoms with van der Waals surface area (Å²) in [6, 6.07) is 10.5. The zero-order valence-electron chi connectivity index (χ0n) is 15.7. The van der Waals surface area contributed by atoms with E-state index in [1.54, 1.807) is 26.0 Å². The smallest absolute Gasteiger partial charge is 0.265 e. The van der Waals surface area contributed by atoms with Crippen molar-refractivity contribution in [3.8, 4) is 5.75 Å². The van der Waals surface area contributed by atoms with Crippen molar-refractivity contribution in [3.05, 3.63) is 52.5 Å². The summed E-state index contributed by atoms with van der Waals surface area (Å²) >= 11 is 11.9. The third-order valence-corrected chi connectivity index (χ3v) is 6.10. The number of nitrogens with one attached hydrogen (secondary N) is 2. The number of rotatable bonds is 8. The van der Waals surface area contributed by atoms with Crippen LogP contribution >= 0.6 is 23.2 Å². The number of hydrogen-bond acceptors (Lipinski definition) is 4. The van der Waals surface area contributed by atoms with Gasteiger partial charge < -0.3 is 10.1 Å². The molecule has 0 bridgehead atoms. The molecule has 0 radical (unpaired) electrons. The molecule has 1 amide bonds. The van der Waals surface area contributed by atoms with Gasteiger partial charge in [0.1, 0.15) is 5.75 Å². The minimum Gasteiger partial charge on any atom is -0.479 e. The zero-order chi connectivity index (χ0) is 20.9. The third kappa shape index (κ3) is 6.10. The maximum absolute atomic E-state index is 12.3. The predicted molar refractivity (Wildman–Crippen MR) is 112 cm³/mol. The minimum atomic E-state index is -3.60. The Morgan fingerprint density at radius 3 is 2.32 bits per heavy atom. The molecule has 6 nitrogen and oxygen atoms in total. The van der Waals surface area contributed by atoms with E-state index >= 15 is 0 Å². The standard InChI is InChI=1S/C19H22Cl2N2O4S/c1-4-12(2)23-28(25,26)16-8-6-15(7-9-16)22-19(24)13(3)27-18-10-5-14(20)11-17(18)21/h5-13,23H,4H2,1-3H3,(H,22,24). The topological polar surface area (TPSA) is 84.5 Å². The highest BCUT2D eigenvalue weighted by Crippen LogP contribution is 2.28. The monoisotopic (exact) mass is 444 g/mol. The van der Waals surface area contributed by atoms with E-state index in [1.807, 2.05) is 6.92 Å². The fraction of sp³-hybridized carbons (Fsp3) is 0.316. The van der Waals surface area contributed by atoms with Crippen LogP contribution in [0.5, 0.6) is 5.75 Å². The van der Waals surface area contributed by atoms with Crippen molar-refractivity contribution >= 4 is 44.8 Å². The molecule has 0 saturated heterocycles. The van der Waals surface area contributed by atoms with E-state index in [2.05, 4.69) is 10.0 Å². The zero-order valence-corrected chi connectivity index (χ0v) is 18.0. The lowest BCUT2D eigenvalue weighted by atomic mass is 10.3. The van der Waals surface area contributed by atoms with Gasteiger partial charge in [0, 0.05) is 16.8 Å². The second kappa shape index (κ2) is 9.60. The fourth-order valence-electron chi connectivity index (χ4n) is 2.19. The van der Waals surface area contributed by atoms with Crippen LogP contribution in [0.15, 0.2) is 47.4 Å². The molecule has 0 spiro atoms. The van der Waals surface area contributed by atoms with Crippen LogP contribution in [-0.4, -0.2) is 26.5 Å². The summed E-state index contributed by atoms with van der Waals surface area (Å²) in [5.74, 6) is -0.0642. The van der Waals surface area contributed by atoms with E-state index < -0.39 is 22.0 Å². The van der Waals surface area contributed by atoms with Gasteiger partial charge in [-0.2, -0.15) is 0 Å². The minimum absolute atomic E-state index is 0.128. The number of benzene rings is 2. The highest BCUT2D eigenvalue weighted by Gasteiger charge is 2.19. The molecule has 2 N–H and O–H groups in total. The third-order valence-electron chi connectivity index (χ3n) is 3.97. The van der Waals surface area contributed by atoms with E-state index in [-0.39, 0.29) is 10.9 Å². The number of amides is 1. The normalized spacial score (nSPS) is 13.6. The van der Waals surface area contributed by atoms with Crippen molar-refractivity contribution in [2.45, 2.75) is 44.2 Å². The van der Waals surface area contributed by atoms with E-state index in [9.17, 15) is 13.2 Å². The second-order valence-corrected chi connectivity index (χ2v) is 8.84. The van der Waals surface area contributed by atoms with Crippen LogP contribution in [0.3, 0.4) is 0 Å². The molecular formula is C19H22Cl2N2O4S. The van der Waals surface area contributed by atoms with Gasteiger partial charge in [0.15, 0.2) is 6.10 Å². The lowest BCUT2D eigenvalue weighted by molar-refractivity contribution is -0.122. The van der Waals surface area contributed by atoms with Gasteiger partial charge in [0.2, 0.25) is 10.0 Å². The van der Waals surface area contributed by atoms with Gasteiger partial charge in [-0.1, -0.05) is 30.1 Å². The lowest BCUT2D eigenvalue weighted by Gasteiger charge is -2.16. The van der Waals surface area contributed by atoms with E-state index in [1.165, 1.54) is 30.3 Å². The van der Waals surface area contributed by atoms with Crippen molar-refractivity contribution in [1.82, 2.24) is 4.72 Å². The fourth-order valence-corrected chi connectivity index (χ4v) is 3.97. The van der Waals surface area contributed by atoms with Gasteiger partial charge in [-0.3, -0.25) is 4.79 Å². The molecule has 9 heteroatoms. The van der Waals surface area contributed by atoms with Gasteiger partial charge in [-0.25, -0.2) is 13.1 Å². The molecule has 0 saturated carbocycles. The van der Waals surface area contributed by atoms with Gasteiger partial charge in [0.25, 0.3) is 5.91 Å². The van der Waals surface area contributed by atoms with Crippen LogP contribution in [0.1, 0.15) is 27.2 Å². The van der Waals surface area contributed by atoms with Gasteiger partial charge in [0.05, 0.1) is 9.92 Å². The maximum atomic E-state index is 12.3. The predicted octanol–water partition coefficient (Wildman–Crippen LogP) is 4.48. The molecule has 2 rings (SSSR count). The van der Waals surface area contributed by atoms with Crippen molar-refractivity contribution in [1.29, 1.82) is 0 Å². The summed E-state index contributed by atoms with van der Waals surface area (Å²) in [6.07, 6.45) is -0.141. The molecule has 28 heavy (non-hydrogen) atoms. The Balaban J connectivity index is 2.02. The van der Waals surface area contributed by atoms with Gasteiger partial charge in [-0.15, -0.1) is 0 Å². The summed E-state index contributed by atoms with van der Waals surface area (Å²) in [5.41, 5.74) is 0.449. The molecule has 0 aliphatic rings. The first-order chi connectivity index (χ1) is 13.1. The Bertz CT molecular complexity index is 933. The molecule has 0 aromatic heterocycles. The Labute approximate surface area is 175 Å². The van der Waals surface area contributed by atoms with Crippen LogP contribution in [0.2, 0.25) is 10.0 Å². The molecule has 152 valence electrons. The van der Waals surface area contributed by atoms with Crippen LogP contribution < -0.4 is 14.8 Å². The van der Waals surface area contributed by atoms with Crippen molar-refractivity contribution in [3.63, 3.8) is 0 Å². The molecule has 0 heterocycles. The number of carbonyl (C=O) groups is 1. The highest BCUT2D eigenvalue weighted by atomic mass is 35.5. The summed E-state index contributed by atoms with van der Waals surface area (Å²) < 4.78 is 32.7. The average molecular weight is 445 g/mol. The number of halogens is 2. The Morgan fingerprint density at radius 1 is 1.11 bits per heavy atom. The first-order valence-electron chi connectivity index (χ1n) is 8.67. The molecule has 0 aliphatic carbocycles. The summed E-state index contributed by atoms with van der Waals surface area (Å²) in [5, 5.41) is 3.44. The van der Waals surface area contributed by atoms with E-state index in [4.69, 9.17) is 27.9 Å². The van der Waals surface area contributed by atoms with Crippen molar-refractivity contribution < 1.29 is 17.9 Å². The molecule has 2 aromatic rings. The van der Waals surface area contributed by atoms with E-state index in [0.29, 0.717) is 27.9 Å². The number of ether oxygens (including phenoxy) is 1. The summed E-state index contributed by atoms with van der Waals surface area (Å²) in [6.45, 7) is 5.27. The highest BCUT2D eigenvalue weighted by molar-refractivity contribution is 7.89. The first kappa shape index (κ1) is 22.5.